The Morgan fingerprint density at radius 3 is 2.46 bits per heavy atom. The molecule has 0 aliphatic carbocycles. The number of pyridine rings is 1. The van der Waals surface area contributed by atoms with Crippen LogP contribution in [-0.4, -0.2) is 42.5 Å². The minimum absolute atomic E-state index is 0.0757. The molecule has 2 aromatic rings. The number of nitrogens with one attached hydrogen (secondary N) is 3. The van der Waals surface area contributed by atoms with Gasteiger partial charge in [0.15, 0.2) is 0 Å². The normalized spacial score (nSPS) is 16.9. The zero-order valence-corrected chi connectivity index (χ0v) is 15.7. The molecule has 28 heavy (non-hydrogen) atoms. The van der Waals surface area contributed by atoms with Crippen molar-refractivity contribution >= 4 is 17.8 Å². The summed E-state index contributed by atoms with van der Waals surface area (Å²) >= 11 is 0. The number of nitrogens with zero attached hydrogens (tertiary/aromatic N) is 1. The minimum Gasteiger partial charge on any atom is -0.481 e. The van der Waals surface area contributed by atoms with E-state index in [0.29, 0.717) is 12.4 Å². The zero-order chi connectivity index (χ0) is 20.1. The molecule has 4 amide bonds. The van der Waals surface area contributed by atoms with Gasteiger partial charge in [-0.3, -0.25) is 14.9 Å². The van der Waals surface area contributed by atoms with Crippen LogP contribution >= 0.6 is 0 Å². The third kappa shape index (κ3) is 4.64. The molecule has 1 fully saturated rings. The lowest BCUT2D eigenvalue weighted by Gasteiger charge is -2.15. The Hall–Kier alpha value is -3.42. The first-order chi connectivity index (χ1) is 13.5. The Bertz CT molecular complexity index is 865. The van der Waals surface area contributed by atoms with Crippen LogP contribution in [-0.2, 0) is 9.59 Å². The van der Waals surface area contributed by atoms with E-state index in [1.807, 2.05) is 43.3 Å². The lowest BCUT2D eigenvalue weighted by atomic mass is 9.98. The fraction of sp³-hybridized carbons (Fsp3) is 0.300. The van der Waals surface area contributed by atoms with Crippen LogP contribution in [0.1, 0.15) is 24.8 Å². The van der Waals surface area contributed by atoms with E-state index in [0.717, 1.165) is 16.7 Å². The summed E-state index contributed by atoms with van der Waals surface area (Å²) in [6.07, 6.45) is 1.68. The maximum Gasteiger partial charge on any atom is 0.322 e. The number of methoxy groups -OCH3 is 1. The molecule has 1 saturated heterocycles. The highest BCUT2D eigenvalue weighted by atomic mass is 16.5. The van der Waals surface area contributed by atoms with Gasteiger partial charge in [0.2, 0.25) is 11.8 Å². The second-order valence-electron chi connectivity index (χ2n) is 6.64. The van der Waals surface area contributed by atoms with Crippen molar-refractivity contribution in [3.8, 4) is 17.0 Å². The lowest BCUT2D eigenvalue weighted by molar-refractivity contribution is -0.126. The number of carbonyl (C=O) groups excluding carboxylic acids is 3. The van der Waals surface area contributed by atoms with Crippen LogP contribution in [0, 0.1) is 0 Å². The highest BCUT2D eigenvalue weighted by molar-refractivity contribution is 6.05. The van der Waals surface area contributed by atoms with Crippen molar-refractivity contribution in [2.24, 2.45) is 0 Å². The van der Waals surface area contributed by atoms with Gasteiger partial charge in [0.25, 0.3) is 5.91 Å². The van der Waals surface area contributed by atoms with Crippen molar-refractivity contribution in [2.75, 3.05) is 13.7 Å². The molecule has 3 N–H and O–H groups in total. The number of ether oxygens (including phenoxy) is 1. The third-order valence-corrected chi connectivity index (χ3v) is 4.61. The van der Waals surface area contributed by atoms with E-state index in [4.69, 9.17) is 4.74 Å². The van der Waals surface area contributed by atoms with Crippen molar-refractivity contribution in [3.63, 3.8) is 0 Å². The zero-order valence-electron chi connectivity index (χ0n) is 15.7. The highest BCUT2D eigenvalue weighted by Gasteiger charge is 2.31. The molecular formula is C20H22N4O4. The number of urea groups is 1. The molecule has 1 aromatic carbocycles. The van der Waals surface area contributed by atoms with Gasteiger partial charge in [-0.1, -0.05) is 31.2 Å². The number of hydrogen-bond acceptors (Lipinski definition) is 5. The average molecular weight is 382 g/mol. The molecule has 8 nitrogen and oxygen atoms in total. The number of carbonyl (C=O) groups is 3. The van der Waals surface area contributed by atoms with Crippen molar-refractivity contribution in [3.05, 3.63) is 48.2 Å². The predicted octanol–water partition coefficient (Wildman–Crippen LogP) is 1.57. The Morgan fingerprint density at radius 2 is 1.89 bits per heavy atom. The predicted molar refractivity (Wildman–Crippen MR) is 103 cm³/mol. The summed E-state index contributed by atoms with van der Waals surface area (Å²) in [7, 11) is 1.58. The van der Waals surface area contributed by atoms with Crippen LogP contribution in [0.4, 0.5) is 4.79 Å². The molecule has 1 aliphatic rings. The number of hydrogen-bond donors (Lipinski definition) is 3. The molecule has 0 bridgehead atoms. The van der Waals surface area contributed by atoms with Crippen LogP contribution in [0.25, 0.3) is 11.1 Å². The fourth-order valence-electron chi connectivity index (χ4n) is 2.92. The molecule has 0 saturated carbocycles. The molecule has 2 unspecified atom stereocenters. The number of benzene rings is 1. The Balaban J connectivity index is 1.52. The lowest BCUT2D eigenvalue weighted by Crippen LogP contribution is -2.37. The smallest absolute Gasteiger partial charge is 0.322 e. The molecule has 3 rings (SSSR count). The molecule has 8 heteroatoms. The number of amides is 4. The Kier molecular flexibility index (Phi) is 5.88. The van der Waals surface area contributed by atoms with Crippen molar-refractivity contribution < 1.29 is 19.1 Å². The molecular weight excluding hydrogens is 360 g/mol. The summed E-state index contributed by atoms with van der Waals surface area (Å²) in [6, 6.07) is 10.4. The first-order valence-electron chi connectivity index (χ1n) is 8.94. The van der Waals surface area contributed by atoms with Crippen LogP contribution in [0.3, 0.4) is 0 Å². The number of rotatable bonds is 7. The SMILES string of the molecule is COc1ccc(-c2ccc(C(C)CNC(=O)CC3NC(=O)NC3=O)cc2)cn1. The molecule has 0 radical (unpaired) electrons. The van der Waals surface area contributed by atoms with Crippen LogP contribution in [0.2, 0.25) is 0 Å². The van der Waals surface area contributed by atoms with Gasteiger partial charge in [0.1, 0.15) is 6.04 Å². The van der Waals surface area contributed by atoms with Gasteiger partial charge in [-0.15, -0.1) is 0 Å². The van der Waals surface area contributed by atoms with E-state index in [9.17, 15) is 14.4 Å². The van der Waals surface area contributed by atoms with E-state index >= 15 is 0 Å². The molecule has 1 aliphatic heterocycles. The van der Waals surface area contributed by atoms with Crippen LogP contribution in [0.15, 0.2) is 42.6 Å². The summed E-state index contributed by atoms with van der Waals surface area (Å²) in [5, 5.41) is 7.33. The van der Waals surface area contributed by atoms with Gasteiger partial charge >= 0.3 is 6.03 Å². The average Bonchev–Trinajstić information content (AvgIpc) is 3.03. The molecule has 146 valence electrons. The molecule has 1 aromatic heterocycles. The van der Waals surface area contributed by atoms with Crippen LogP contribution < -0.4 is 20.7 Å². The summed E-state index contributed by atoms with van der Waals surface area (Å²) in [5.74, 6) is -0.0923. The summed E-state index contributed by atoms with van der Waals surface area (Å²) < 4.78 is 5.07. The second kappa shape index (κ2) is 8.51. The third-order valence-electron chi connectivity index (χ3n) is 4.61. The van der Waals surface area contributed by atoms with Crippen LogP contribution in [0.5, 0.6) is 5.88 Å². The van der Waals surface area contributed by atoms with Crippen molar-refractivity contribution in [1.82, 2.24) is 20.9 Å². The van der Waals surface area contributed by atoms with E-state index < -0.39 is 18.0 Å². The Labute approximate surface area is 162 Å². The second-order valence-corrected chi connectivity index (χ2v) is 6.64. The monoisotopic (exact) mass is 382 g/mol. The Morgan fingerprint density at radius 1 is 1.18 bits per heavy atom. The standard InChI is InChI=1S/C20H22N4O4/c1-12(10-21-17(25)9-16-19(26)24-20(27)23-16)13-3-5-14(6-4-13)15-7-8-18(28-2)22-11-15/h3-8,11-12,16H,9-10H2,1-2H3,(H,21,25)(H2,23,24,26,27). The topological polar surface area (TPSA) is 109 Å². The number of aromatic nitrogens is 1. The minimum atomic E-state index is -0.805. The van der Waals surface area contributed by atoms with E-state index in [2.05, 4.69) is 20.9 Å². The van der Waals surface area contributed by atoms with Gasteiger partial charge in [-0.05, 0) is 23.1 Å². The van der Waals surface area contributed by atoms with Gasteiger partial charge < -0.3 is 15.4 Å². The molecule has 2 heterocycles. The van der Waals surface area contributed by atoms with E-state index in [1.165, 1.54) is 0 Å². The maximum atomic E-state index is 12.0. The van der Waals surface area contributed by atoms with E-state index in [1.54, 1.807) is 13.3 Å². The quantitative estimate of drug-likeness (QED) is 0.630. The highest BCUT2D eigenvalue weighted by Crippen LogP contribution is 2.23. The molecule has 0 spiro atoms. The maximum absolute atomic E-state index is 12.0. The van der Waals surface area contributed by atoms with Gasteiger partial charge in [-0.2, -0.15) is 0 Å². The van der Waals surface area contributed by atoms with Gasteiger partial charge in [0, 0.05) is 24.4 Å². The van der Waals surface area contributed by atoms with Crippen molar-refractivity contribution in [2.45, 2.75) is 25.3 Å². The van der Waals surface area contributed by atoms with Gasteiger partial charge in [-0.25, -0.2) is 9.78 Å². The first-order valence-corrected chi connectivity index (χ1v) is 8.94. The first kappa shape index (κ1) is 19.3. The van der Waals surface area contributed by atoms with Crippen molar-refractivity contribution in [1.29, 1.82) is 0 Å². The number of imide groups is 1. The summed E-state index contributed by atoms with van der Waals surface area (Å²) in [4.78, 5) is 38.8. The largest absolute Gasteiger partial charge is 0.481 e. The fourth-order valence-corrected chi connectivity index (χ4v) is 2.92. The summed E-state index contributed by atoms with van der Waals surface area (Å²) in [5.41, 5.74) is 3.11. The summed E-state index contributed by atoms with van der Waals surface area (Å²) in [6.45, 7) is 2.44. The van der Waals surface area contributed by atoms with Gasteiger partial charge in [0.05, 0.1) is 13.5 Å². The molecule has 2 atom stereocenters. The van der Waals surface area contributed by atoms with E-state index in [-0.39, 0.29) is 18.2 Å².